The molecule has 0 aliphatic heterocycles. The van der Waals surface area contributed by atoms with E-state index in [9.17, 15) is 0 Å². The average Bonchev–Trinajstić information content (AvgIpc) is 2.74. The Bertz CT molecular complexity index is 724. The van der Waals surface area contributed by atoms with Gasteiger partial charge in [-0.3, -0.25) is 4.57 Å². The maximum Gasteiger partial charge on any atom is 0.224 e. The minimum atomic E-state index is 0. The molecule has 0 saturated heterocycles. The molecular formula is C11H10BrClN6. The van der Waals surface area contributed by atoms with E-state index in [4.69, 9.17) is 11.5 Å². The van der Waals surface area contributed by atoms with Crippen molar-refractivity contribution >= 4 is 51.3 Å². The van der Waals surface area contributed by atoms with Crippen LogP contribution in [-0.4, -0.2) is 19.5 Å². The van der Waals surface area contributed by atoms with E-state index in [1.165, 1.54) is 0 Å². The van der Waals surface area contributed by atoms with E-state index >= 15 is 0 Å². The number of aromatic nitrogens is 4. The number of hydrogen-bond donors (Lipinski definition) is 2. The van der Waals surface area contributed by atoms with E-state index in [1.54, 1.807) is 6.33 Å². The number of hydrogen-bond acceptors (Lipinski definition) is 5. The van der Waals surface area contributed by atoms with Crippen LogP contribution in [0.5, 0.6) is 0 Å². The van der Waals surface area contributed by atoms with E-state index in [-0.39, 0.29) is 24.2 Å². The average molecular weight is 342 g/mol. The summed E-state index contributed by atoms with van der Waals surface area (Å²) < 4.78 is 2.82. The molecule has 6 nitrogen and oxygen atoms in total. The molecule has 0 atom stereocenters. The summed E-state index contributed by atoms with van der Waals surface area (Å²) in [6.07, 6.45) is 1.65. The lowest BCUT2D eigenvalue weighted by Gasteiger charge is -2.04. The van der Waals surface area contributed by atoms with Crippen molar-refractivity contribution in [1.82, 2.24) is 19.5 Å². The molecule has 0 spiro atoms. The van der Waals surface area contributed by atoms with E-state index in [0.29, 0.717) is 11.2 Å². The van der Waals surface area contributed by atoms with Crippen molar-refractivity contribution < 1.29 is 0 Å². The summed E-state index contributed by atoms with van der Waals surface area (Å²) in [5.41, 5.74) is 13.4. The van der Waals surface area contributed by atoms with Gasteiger partial charge in [-0.1, -0.05) is 15.9 Å². The monoisotopic (exact) mass is 340 g/mol. The van der Waals surface area contributed by atoms with Crippen LogP contribution in [-0.2, 0) is 0 Å². The first-order valence-corrected chi connectivity index (χ1v) is 5.96. The van der Waals surface area contributed by atoms with Gasteiger partial charge in [-0.25, -0.2) is 4.98 Å². The molecule has 2 aromatic heterocycles. The molecule has 0 fully saturated rings. The fraction of sp³-hybridized carbons (Fsp3) is 0. The molecule has 0 amide bonds. The standard InChI is InChI=1S/C11H9BrN6.ClH/c12-6-1-3-7(4-2-6)18-5-15-8-9(13)16-11(14)17-10(8)18;/h1-5H,(H4,13,14,16,17);1H. The predicted octanol–water partition coefficient (Wildman–Crippen LogP) is 2.16. The van der Waals surface area contributed by atoms with Crippen LogP contribution in [0.15, 0.2) is 35.1 Å². The third kappa shape index (κ3) is 2.34. The van der Waals surface area contributed by atoms with Crippen molar-refractivity contribution in [3.63, 3.8) is 0 Å². The number of imidazole rings is 1. The van der Waals surface area contributed by atoms with Gasteiger partial charge in [0.15, 0.2) is 17.0 Å². The highest BCUT2D eigenvalue weighted by Gasteiger charge is 2.10. The van der Waals surface area contributed by atoms with Crippen molar-refractivity contribution in [2.24, 2.45) is 0 Å². The second-order valence-electron chi connectivity index (χ2n) is 3.73. The Kier molecular flexibility index (Phi) is 3.59. The minimum Gasteiger partial charge on any atom is -0.382 e. The highest BCUT2D eigenvalue weighted by Crippen LogP contribution is 2.21. The second-order valence-corrected chi connectivity index (χ2v) is 4.65. The number of nitrogens with two attached hydrogens (primary N) is 2. The lowest BCUT2D eigenvalue weighted by Crippen LogP contribution is -2.02. The Balaban J connectivity index is 0.00000133. The van der Waals surface area contributed by atoms with Gasteiger partial charge in [0.2, 0.25) is 5.95 Å². The van der Waals surface area contributed by atoms with Gasteiger partial charge in [-0.05, 0) is 24.3 Å². The normalized spacial score (nSPS) is 10.4. The van der Waals surface area contributed by atoms with Gasteiger partial charge < -0.3 is 11.5 Å². The number of nitrogen functional groups attached to an aromatic ring is 2. The molecule has 1 aromatic carbocycles. The first kappa shape index (κ1) is 13.6. The molecule has 98 valence electrons. The zero-order valence-corrected chi connectivity index (χ0v) is 12.0. The third-order valence-electron chi connectivity index (χ3n) is 2.55. The molecule has 3 aromatic rings. The summed E-state index contributed by atoms with van der Waals surface area (Å²) in [6, 6.07) is 7.77. The summed E-state index contributed by atoms with van der Waals surface area (Å²) >= 11 is 3.39. The fourth-order valence-electron chi connectivity index (χ4n) is 1.73. The summed E-state index contributed by atoms with van der Waals surface area (Å²) in [5.74, 6) is 0.423. The van der Waals surface area contributed by atoms with E-state index < -0.39 is 0 Å². The first-order chi connectivity index (χ1) is 8.65. The Morgan fingerprint density at radius 3 is 2.42 bits per heavy atom. The molecule has 0 radical (unpaired) electrons. The number of anilines is 2. The number of halogens is 2. The second kappa shape index (κ2) is 5.02. The predicted molar refractivity (Wildman–Crippen MR) is 80.4 cm³/mol. The van der Waals surface area contributed by atoms with Gasteiger partial charge in [0.05, 0.1) is 0 Å². The Morgan fingerprint density at radius 2 is 1.74 bits per heavy atom. The van der Waals surface area contributed by atoms with E-state index in [1.807, 2.05) is 28.8 Å². The van der Waals surface area contributed by atoms with Crippen molar-refractivity contribution in [2.75, 3.05) is 11.5 Å². The number of nitrogens with zero attached hydrogens (tertiary/aromatic N) is 4. The molecule has 0 unspecified atom stereocenters. The maximum atomic E-state index is 5.76. The van der Waals surface area contributed by atoms with Crippen LogP contribution in [0.4, 0.5) is 11.8 Å². The van der Waals surface area contributed by atoms with Crippen LogP contribution in [0.25, 0.3) is 16.9 Å². The lowest BCUT2D eigenvalue weighted by molar-refractivity contribution is 1.06. The van der Waals surface area contributed by atoms with Crippen molar-refractivity contribution in [3.8, 4) is 5.69 Å². The van der Waals surface area contributed by atoms with Gasteiger partial charge in [-0.2, -0.15) is 9.97 Å². The molecule has 0 aliphatic rings. The highest BCUT2D eigenvalue weighted by atomic mass is 79.9. The summed E-state index contributed by atoms with van der Waals surface area (Å²) in [5, 5.41) is 0. The lowest BCUT2D eigenvalue weighted by atomic mass is 10.3. The maximum absolute atomic E-state index is 5.76. The topological polar surface area (TPSA) is 95.6 Å². The summed E-state index contributed by atoms with van der Waals surface area (Å²) in [7, 11) is 0. The molecule has 8 heteroatoms. The van der Waals surface area contributed by atoms with Gasteiger partial charge in [0.25, 0.3) is 0 Å². The van der Waals surface area contributed by atoms with Crippen LogP contribution in [0.1, 0.15) is 0 Å². The zero-order valence-electron chi connectivity index (χ0n) is 9.62. The molecular weight excluding hydrogens is 332 g/mol. The number of benzene rings is 1. The third-order valence-corrected chi connectivity index (χ3v) is 3.07. The molecule has 4 N–H and O–H groups in total. The summed E-state index contributed by atoms with van der Waals surface area (Å²) in [6.45, 7) is 0. The largest absolute Gasteiger partial charge is 0.382 e. The highest BCUT2D eigenvalue weighted by molar-refractivity contribution is 9.10. The van der Waals surface area contributed by atoms with Crippen LogP contribution < -0.4 is 11.5 Å². The molecule has 0 bridgehead atoms. The van der Waals surface area contributed by atoms with Crippen LogP contribution in [0, 0.1) is 0 Å². The number of fused-ring (bicyclic) bond motifs is 1. The Labute approximate surface area is 123 Å². The van der Waals surface area contributed by atoms with E-state index in [2.05, 4.69) is 30.9 Å². The number of rotatable bonds is 1. The molecule has 0 aliphatic carbocycles. The SMILES string of the molecule is Cl.Nc1nc(N)c2ncn(-c3ccc(Br)cc3)c2n1. The van der Waals surface area contributed by atoms with Crippen LogP contribution >= 0.6 is 28.3 Å². The Morgan fingerprint density at radius 1 is 1.05 bits per heavy atom. The molecule has 0 saturated carbocycles. The van der Waals surface area contributed by atoms with Crippen LogP contribution in [0.3, 0.4) is 0 Å². The summed E-state index contributed by atoms with van der Waals surface area (Å²) in [4.78, 5) is 12.3. The smallest absolute Gasteiger partial charge is 0.224 e. The quantitative estimate of drug-likeness (QED) is 0.707. The zero-order chi connectivity index (χ0) is 12.7. The van der Waals surface area contributed by atoms with E-state index in [0.717, 1.165) is 10.2 Å². The Hall–Kier alpha value is -1.86. The molecule has 3 rings (SSSR count). The molecule has 19 heavy (non-hydrogen) atoms. The van der Waals surface area contributed by atoms with Gasteiger partial charge >= 0.3 is 0 Å². The first-order valence-electron chi connectivity index (χ1n) is 5.17. The van der Waals surface area contributed by atoms with Gasteiger partial charge in [-0.15, -0.1) is 12.4 Å². The van der Waals surface area contributed by atoms with Gasteiger partial charge in [0, 0.05) is 10.2 Å². The van der Waals surface area contributed by atoms with Gasteiger partial charge in [0.1, 0.15) is 6.33 Å². The van der Waals surface area contributed by atoms with Crippen molar-refractivity contribution in [1.29, 1.82) is 0 Å². The van der Waals surface area contributed by atoms with Crippen molar-refractivity contribution in [2.45, 2.75) is 0 Å². The molecule has 2 heterocycles. The fourth-order valence-corrected chi connectivity index (χ4v) is 1.99. The van der Waals surface area contributed by atoms with Crippen molar-refractivity contribution in [3.05, 3.63) is 35.1 Å². The minimum absolute atomic E-state index is 0. The van der Waals surface area contributed by atoms with Crippen LogP contribution in [0.2, 0.25) is 0 Å².